The van der Waals surface area contributed by atoms with Crippen LogP contribution in [-0.2, 0) is 0 Å². The van der Waals surface area contributed by atoms with Gasteiger partial charge >= 0.3 is 0 Å². The van der Waals surface area contributed by atoms with Crippen molar-refractivity contribution in [1.29, 1.82) is 0 Å². The molecule has 0 atom stereocenters. The van der Waals surface area contributed by atoms with Crippen LogP contribution in [0.2, 0.25) is 0 Å². The van der Waals surface area contributed by atoms with Crippen LogP contribution in [0.15, 0.2) is 168 Å². The van der Waals surface area contributed by atoms with Gasteiger partial charge in [-0.25, -0.2) is 9.97 Å². The number of benzene rings is 7. The maximum atomic E-state index is 6.16. The van der Waals surface area contributed by atoms with Crippen molar-refractivity contribution < 1.29 is 4.42 Å². The quantitative estimate of drug-likeness (QED) is 0.144. The van der Waals surface area contributed by atoms with Crippen LogP contribution in [0.1, 0.15) is 0 Å². The van der Waals surface area contributed by atoms with E-state index in [9.17, 15) is 0 Å². The van der Waals surface area contributed by atoms with Gasteiger partial charge in [0.1, 0.15) is 5.52 Å². The van der Waals surface area contributed by atoms with Gasteiger partial charge in [-0.3, -0.25) is 4.98 Å². The molecule has 0 bridgehead atoms. The molecule has 0 aliphatic heterocycles. The van der Waals surface area contributed by atoms with Crippen LogP contribution in [-0.4, -0.2) is 15.0 Å². The molecule has 0 spiro atoms. The molecule has 49 heavy (non-hydrogen) atoms. The van der Waals surface area contributed by atoms with E-state index < -0.39 is 0 Å². The van der Waals surface area contributed by atoms with Crippen LogP contribution in [0.25, 0.3) is 99.4 Å². The van der Waals surface area contributed by atoms with Crippen molar-refractivity contribution >= 4 is 54.5 Å². The van der Waals surface area contributed by atoms with Crippen molar-refractivity contribution in [2.45, 2.75) is 0 Å². The van der Waals surface area contributed by atoms with Gasteiger partial charge in [0.05, 0.1) is 16.7 Å². The number of hydrogen-bond donors (Lipinski definition) is 0. The molecule has 10 aromatic rings. The van der Waals surface area contributed by atoms with E-state index in [0.717, 1.165) is 60.9 Å². The Morgan fingerprint density at radius 2 is 1.00 bits per heavy atom. The summed E-state index contributed by atoms with van der Waals surface area (Å²) in [5.74, 6) is 0.630. The number of rotatable bonds is 4. The van der Waals surface area contributed by atoms with E-state index in [0.29, 0.717) is 5.89 Å². The lowest BCUT2D eigenvalue weighted by atomic mass is 9.86. The van der Waals surface area contributed by atoms with Gasteiger partial charge in [-0.1, -0.05) is 121 Å². The zero-order valence-electron chi connectivity index (χ0n) is 26.3. The molecule has 3 aromatic heterocycles. The molecule has 4 heteroatoms. The molecule has 0 saturated carbocycles. The molecule has 4 nitrogen and oxygen atoms in total. The summed E-state index contributed by atoms with van der Waals surface area (Å²) in [6.07, 6.45) is 1.83. The third kappa shape index (κ3) is 4.49. The van der Waals surface area contributed by atoms with Gasteiger partial charge in [0, 0.05) is 28.1 Å². The van der Waals surface area contributed by atoms with E-state index in [2.05, 4.69) is 120 Å². The van der Waals surface area contributed by atoms with Crippen LogP contribution in [0.3, 0.4) is 0 Å². The average Bonchev–Trinajstić information content (AvgIpc) is 3.61. The highest BCUT2D eigenvalue weighted by Crippen LogP contribution is 2.44. The van der Waals surface area contributed by atoms with Crippen LogP contribution < -0.4 is 0 Å². The number of nitrogens with zero attached hydrogens (tertiary/aromatic N) is 3. The standard InChI is InChI=1S/C45H27N3O/c1-2-9-32(10-3-1)45-48-39-27-33(23-25-40(39)49-45)42-36-14-6-4-12-34(36)41(35-13-5-7-15-37(35)42)29-18-16-28(17-19-29)38-24-22-31-21-20-30-11-8-26-46-43(30)44(31)47-38/h1-27H. The summed E-state index contributed by atoms with van der Waals surface area (Å²) < 4.78 is 6.16. The Morgan fingerprint density at radius 1 is 0.408 bits per heavy atom. The molecule has 0 saturated heterocycles. The third-order valence-electron chi connectivity index (χ3n) is 9.53. The molecule has 0 aliphatic rings. The topological polar surface area (TPSA) is 51.8 Å². The maximum absolute atomic E-state index is 6.16. The second-order valence-corrected chi connectivity index (χ2v) is 12.4. The summed E-state index contributed by atoms with van der Waals surface area (Å²) in [5.41, 5.74) is 11.1. The van der Waals surface area contributed by atoms with Gasteiger partial charge in [0.25, 0.3) is 0 Å². The minimum absolute atomic E-state index is 0.630. The smallest absolute Gasteiger partial charge is 0.227 e. The van der Waals surface area contributed by atoms with E-state index in [1.807, 2.05) is 48.7 Å². The SMILES string of the molecule is c1ccc(-c2nc3cc(-c4c5ccccc5c(-c5ccc(-c6ccc7ccc8cccnc8c7n6)cc5)c5ccccc45)ccc3o2)cc1. The molecule has 3 heterocycles. The number of pyridine rings is 2. The monoisotopic (exact) mass is 625 g/mol. The fourth-order valence-electron chi connectivity index (χ4n) is 7.23. The Labute approximate surface area is 282 Å². The number of aromatic nitrogens is 3. The van der Waals surface area contributed by atoms with Gasteiger partial charge in [-0.2, -0.15) is 0 Å². The number of hydrogen-bond acceptors (Lipinski definition) is 4. The van der Waals surface area contributed by atoms with Crippen molar-refractivity contribution in [3.63, 3.8) is 0 Å². The summed E-state index contributed by atoms with van der Waals surface area (Å²) in [7, 11) is 0. The van der Waals surface area contributed by atoms with Crippen molar-refractivity contribution in [2.24, 2.45) is 0 Å². The normalized spacial score (nSPS) is 11.7. The van der Waals surface area contributed by atoms with E-state index in [-0.39, 0.29) is 0 Å². The molecule has 0 radical (unpaired) electrons. The fourth-order valence-corrected chi connectivity index (χ4v) is 7.23. The van der Waals surface area contributed by atoms with Crippen LogP contribution in [0.5, 0.6) is 0 Å². The highest BCUT2D eigenvalue weighted by Gasteiger charge is 2.18. The lowest BCUT2D eigenvalue weighted by molar-refractivity contribution is 0.620. The van der Waals surface area contributed by atoms with Gasteiger partial charge in [0.2, 0.25) is 5.89 Å². The summed E-state index contributed by atoms with van der Waals surface area (Å²) in [4.78, 5) is 14.6. The third-order valence-corrected chi connectivity index (χ3v) is 9.53. The van der Waals surface area contributed by atoms with E-state index in [1.165, 1.54) is 32.7 Å². The molecule has 0 fully saturated rings. The Bertz CT molecular complexity index is 2820. The first-order chi connectivity index (χ1) is 24.3. The number of fused-ring (bicyclic) bond motifs is 6. The van der Waals surface area contributed by atoms with E-state index in [4.69, 9.17) is 14.4 Å². The first-order valence-electron chi connectivity index (χ1n) is 16.4. The molecule has 0 N–H and O–H groups in total. The lowest BCUT2D eigenvalue weighted by Crippen LogP contribution is -1.91. The molecular weight excluding hydrogens is 599 g/mol. The van der Waals surface area contributed by atoms with Gasteiger partial charge in [0.15, 0.2) is 5.58 Å². The van der Waals surface area contributed by atoms with Crippen LogP contribution in [0, 0.1) is 0 Å². The molecule has 0 unspecified atom stereocenters. The highest BCUT2D eigenvalue weighted by molar-refractivity contribution is 6.21. The average molecular weight is 626 g/mol. The van der Waals surface area contributed by atoms with Crippen LogP contribution in [0.4, 0.5) is 0 Å². The second-order valence-electron chi connectivity index (χ2n) is 12.4. The minimum atomic E-state index is 0.630. The zero-order valence-corrected chi connectivity index (χ0v) is 26.3. The summed E-state index contributed by atoms with van der Waals surface area (Å²) in [6, 6.07) is 55.2. The second kappa shape index (κ2) is 11.0. The van der Waals surface area contributed by atoms with Gasteiger partial charge < -0.3 is 4.42 Å². The van der Waals surface area contributed by atoms with E-state index in [1.54, 1.807) is 0 Å². The summed E-state index contributed by atoms with van der Waals surface area (Å²) >= 11 is 0. The summed E-state index contributed by atoms with van der Waals surface area (Å²) in [6.45, 7) is 0. The highest BCUT2D eigenvalue weighted by atomic mass is 16.3. The Morgan fingerprint density at radius 3 is 1.71 bits per heavy atom. The zero-order chi connectivity index (χ0) is 32.3. The molecule has 228 valence electrons. The largest absolute Gasteiger partial charge is 0.436 e. The van der Waals surface area contributed by atoms with Crippen molar-refractivity contribution in [3.05, 3.63) is 164 Å². The number of oxazole rings is 1. The molecule has 0 amide bonds. The van der Waals surface area contributed by atoms with Gasteiger partial charge in [-0.15, -0.1) is 0 Å². The molecule has 7 aromatic carbocycles. The van der Waals surface area contributed by atoms with Crippen molar-refractivity contribution in [3.8, 4) is 45.0 Å². The van der Waals surface area contributed by atoms with Crippen LogP contribution >= 0.6 is 0 Å². The maximum Gasteiger partial charge on any atom is 0.227 e. The first kappa shape index (κ1) is 27.5. The Balaban J connectivity index is 1.12. The predicted molar refractivity (Wildman–Crippen MR) is 201 cm³/mol. The molecule has 0 aliphatic carbocycles. The minimum Gasteiger partial charge on any atom is -0.436 e. The Kier molecular flexibility index (Phi) is 6.15. The van der Waals surface area contributed by atoms with Crippen molar-refractivity contribution in [2.75, 3.05) is 0 Å². The lowest BCUT2D eigenvalue weighted by Gasteiger charge is -2.18. The molecular formula is C45H27N3O. The van der Waals surface area contributed by atoms with Gasteiger partial charge in [-0.05, 0) is 80.2 Å². The summed E-state index contributed by atoms with van der Waals surface area (Å²) in [5, 5.41) is 6.98. The Hall–Kier alpha value is -6.65. The fraction of sp³-hybridized carbons (Fsp3) is 0. The molecule has 10 rings (SSSR count). The predicted octanol–water partition coefficient (Wildman–Crippen LogP) is 11.9. The van der Waals surface area contributed by atoms with E-state index >= 15 is 0 Å². The first-order valence-corrected chi connectivity index (χ1v) is 16.4. The van der Waals surface area contributed by atoms with Crippen molar-refractivity contribution in [1.82, 2.24) is 15.0 Å².